The number of hydrogen-bond acceptors (Lipinski definition) is 5. The quantitative estimate of drug-likeness (QED) is 0.707. The zero-order chi connectivity index (χ0) is 21.7. The molecule has 7 nitrogen and oxygen atoms in total. The van der Waals surface area contributed by atoms with E-state index < -0.39 is 10.0 Å². The van der Waals surface area contributed by atoms with Gasteiger partial charge < -0.3 is 9.64 Å². The summed E-state index contributed by atoms with van der Waals surface area (Å²) >= 11 is 0. The van der Waals surface area contributed by atoms with E-state index in [9.17, 15) is 18.5 Å². The Balaban J connectivity index is 1.60. The Morgan fingerprint density at radius 1 is 1.07 bits per heavy atom. The maximum absolute atomic E-state index is 12.9. The number of benzene rings is 2. The Morgan fingerprint density at radius 2 is 1.70 bits per heavy atom. The molecule has 2 aromatic rings. The number of nitrogens with zero attached hydrogens (tertiary/aromatic N) is 3. The maximum atomic E-state index is 12.9. The minimum Gasteiger partial charge on any atom is -0.483 e. The molecular weight excluding hydrogens is 402 g/mol. The lowest BCUT2D eigenvalue weighted by atomic mass is 10.0. The molecule has 0 N–H and O–H groups in total. The fourth-order valence-corrected chi connectivity index (χ4v) is 4.98. The summed E-state index contributed by atoms with van der Waals surface area (Å²) in [7, 11) is -3.78. The van der Waals surface area contributed by atoms with Crippen LogP contribution in [0.4, 0.5) is 0 Å². The van der Waals surface area contributed by atoms with Crippen molar-refractivity contribution in [2.24, 2.45) is 0 Å². The van der Waals surface area contributed by atoms with Gasteiger partial charge in [0, 0.05) is 26.2 Å². The van der Waals surface area contributed by atoms with Crippen LogP contribution in [0.15, 0.2) is 53.4 Å². The van der Waals surface area contributed by atoms with Gasteiger partial charge in [0.1, 0.15) is 11.8 Å². The van der Waals surface area contributed by atoms with Gasteiger partial charge in [0.2, 0.25) is 10.0 Å². The normalized spacial score (nSPS) is 15.1. The number of para-hydroxylation sites is 1. The largest absolute Gasteiger partial charge is 0.483 e. The second kappa shape index (κ2) is 9.28. The Bertz CT molecular complexity index is 1050. The van der Waals surface area contributed by atoms with Crippen LogP contribution in [0.3, 0.4) is 0 Å². The molecule has 1 saturated heterocycles. The second-order valence-electron chi connectivity index (χ2n) is 7.37. The van der Waals surface area contributed by atoms with E-state index in [1.807, 2.05) is 30.3 Å². The topological polar surface area (TPSA) is 90.7 Å². The van der Waals surface area contributed by atoms with Gasteiger partial charge in [-0.05, 0) is 29.7 Å². The van der Waals surface area contributed by atoms with Crippen LogP contribution in [0, 0.1) is 11.3 Å². The molecule has 0 bridgehead atoms. The molecule has 8 heteroatoms. The molecule has 0 aliphatic carbocycles. The van der Waals surface area contributed by atoms with E-state index in [-0.39, 0.29) is 55.1 Å². The molecule has 30 heavy (non-hydrogen) atoms. The average molecular weight is 428 g/mol. The van der Waals surface area contributed by atoms with Crippen molar-refractivity contribution in [2.45, 2.75) is 24.7 Å². The summed E-state index contributed by atoms with van der Waals surface area (Å²) in [6, 6.07) is 15.7. The molecule has 1 heterocycles. The first kappa shape index (κ1) is 21.8. The fourth-order valence-electron chi connectivity index (χ4n) is 3.42. The first-order valence-electron chi connectivity index (χ1n) is 9.83. The number of carbonyl (C=O) groups excluding carboxylic acids is 1. The lowest BCUT2D eigenvalue weighted by Crippen LogP contribution is -2.51. The lowest BCUT2D eigenvalue weighted by molar-refractivity contribution is -0.134. The number of carbonyl (C=O) groups is 1. The summed E-state index contributed by atoms with van der Waals surface area (Å²) in [6.45, 7) is 4.95. The highest BCUT2D eigenvalue weighted by Gasteiger charge is 2.31. The molecule has 1 aliphatic heterocycles. The molecule has 0 unspecified atom stereocenters. The van der Waals surface area contributed by atoms with E-state index in [0.29, 0.717) is 5.75 Å². The summed E-state index contributed by atoms with van der Waals surface area (Å²) in [5, 5.41) is 9.20. The summed E-state index contributed by atoms with van der Waals surface area (Å²) in [4.78, 5) is 14.2. The molecule has 1 amide bonds. The van der Waals surface area contributed by atoms with Gasteiger partial charge in [0.15, 0.2) is 6.61 Å². The van der Waals surface area contributed by atoms with Crippen molar-refractivity contribution >= 4 is 15.9 Å². The van der Waals surface area contributed by atoms with Crippen LogP contribution in [-0.4, -0.2) is 56.3 Å². The van der Waals surface area contributed by atoms with Crippen LogP contribution in [0.2, 0.25) is 0 Å². The van der Waals surface area contributed by atoms with Crippen LogP contribution >= 0.6 is 0 Å². The Morgan fingerprint density at radius 3 is 2.37 bits per heavy atom. The average Bonchev–Trinajstić information content (AvgIpc) is 2.77. The third-order valence-corrected chi connectivity index (χ3v) is 7.07. The third kappa shape index (κ3) is 4.64. The third-order valence-electron chi connectivity index (χ3n) is 5.11. The number of ether oxygens (including phenoxy) is 1. The zero-order valence-corrected chi connectivity index (χ0v) is 17.9. The van der Waals surface area contributed by atoms with Crippen LogP contribution in [0.1, 0.15) is 30.9 Å². The molecule has 3 rings (SSSR count). The summed E-state index contributed by atoms with van der Waals surface area (Å²) in [5.41, 5.74) is 1.16. The highest BCUT2D eigenvalue weighted by Crippen LogP contribution is 2.26. The molecule has 158 valence electrons. The van der Waals surface area contributed by atoms with Gasteiger partial charge in [0.25, 0.3) is 5.91 Å². The van der Waals surface area contributed by atoms with Crippen molar-refractivity contribution in [3.8, 4) is 11.8 Å². The summed E-state index contributed by atoms with van der Waals surface area (Å²) < 4.78 is 32.9. The molecule has 0 aromatic heterocycles. The highest BCUT2D eigenvalue weighted by molar-refractivity contribution is 7.89. The van der Waals surface area contributed by atoms with Crippen LogP contribution in [-0.2, 0) is 14.8 Å². The number of amides is 1. The van der Waals surface area contributed by atoms with Crippen LogP contribution in [0.25, 0.3) is 0 Å². The number of rotatable bonds is 6. The van der Waals surface area contributed by atoms with Crippen molar-refractivity contribution < 1.29 is 17.9 Å². The molecule has 0 saturated carbocycles. The van der Waals surface area contributed by atoms with Gasteiger partial charge in [-0.1, -0.05) is 44.2 Å². The molecular formula is C22H25N3O4S. The second-order valence-corrected chi connectivity index (χ2v) is 9.28. The molecule has 2 aromatic carbocycles. The molecule has 1 fully saturated rings. The van der Waals surface area contributed by atoms with Gasteiger partial charge in [-0.25, -0.2) is 8.42 Å². The van der Waals surface area contributed by atoms with E-state index in [2.05, 4.69) is 13.8 Å². The van der Waals surface area contributed by atoms with E-state index in [1.165, 1.54) is 16.4 Å². The van der Waals surface area contributed by atoms with Crippen molar-refractivity contribution in [1.29, 1.82) is 5.26 Å². The van der Waals surface area contributed by atoms with Crippen molar-refractivity contribution in [1.82, 2.24) is 9.21 Å². The summed E-state index contributed by atoms with van der Waals surface area (Å²) in [6.07, 6.45) is 0. The Kier molecular flexibility index (Phi) is 6.75. The van der Waals surface area contributed by atoms with E-state index in [1.54, 1.807) is 17.0 Å². The number of piperazine rings is 1. The fraction of sp³-hybridized carbons (Fsp3) is 0.364. The van der Waals surface area contributed by atoms with E-state index in [0.717, 1.165) is 5.56 Å². The predicted octanol–water partition coefficient (Wildman–Crippen LogP) is 2.59. The van der Waals surface area contributed by atoms with Crippen molar-refractivity contribution in [3.63, 3.8) is 0 Å². The van der Waals surface area contributed by atoms with Crippen LogP contribution < -0.4 is 4.74 Å². The van der Waals surface area contributed by atoms with Gasteiger partial charge in [-0.2, -0.15) is 9.57 Å². The monoisotopic (exact) mass is 427 g/mol. The zero-order valence-electron chi connectivity index (χ0n) is 17.1. The number of hydrogen-bond donors (Lipinski definition) is 0. The predicted molar refractivity (Wildman–Crippen MR) is 113 cm³/mol. The highest BCUT2D eigenvalue weighted by atomic mass is 32.2. The van der Waals surface area contributed by atoms with Gasteiger partial charge >= 0.3 is 0 Å². The summed E-state index contributed by atoms with van der Waals surface area (Å²) in [5.74, 6) is 0.791. The smallest absolute Gasteiger partial charge is 0.260 e. The Labute approximate surface area is 177 Å². The van der Waals surface area contributed by atoms with Gasteiger partial charge in [0.05, 0.1) is 10.5 Å². The SMILES string of the molecule is CC(C)c1ccccc1OCC(=O)N1CCN(S(=O)(=O)c2ccccc2C#N)CC1. The standard InChI is InChI=1S/C22H25N3O4S/c1-17(2)19-8-4-5-9-20(19)29-16-22(26)24-11-13-25(14-12-24)30(27,28)21-10-6-3-7-18(21)15-23/h3-10,17H,11-14,16H2,1-2H3. The van der Waals surface area contributed by atoms with Gasteiger partial charge in [-0.15, -0.1) is 0 Å². The molecule has 0 radical (unpaired) electrons. The first-order valence-corrected chi connectivity index (χ1v) is 11.3. The minimum atomic E-state index is -3.78. The lowest BCUT2D eigenvalue weighted by Gasteiger charge is -2.34. The molecule has 0 spiro atoms. The van der Waals surface area contributed by atoms with Crippen LogP contribution in [0.5, 0.6) is 5.75 Å². The maximum Gasteiger partial charge on any atom is 0.260 e. The van der Waals surface area contributed by atoms with E-state index in [4.69, 9.17) is 4.74 Å². The number of sulfonamides is 1. The van der Waals surface area contributed by atoms with Gasteiger partial charge in [-0.3, -0.25) is 4.79 Å². The van der Waals surface area contributed by atoms with E-state index >= 15 is 0 Å². The molecule has 1 aliphatic rings. The first-order chi connectivity index (χ1) is 14.3. The number of nitriles is 1. The van der Waals surface area contributed by atoms with Crippen molar-refractivity contribution in [3.05, 3.63) is 59.7 Å². The minimum absolute atomic E-state index is 0.000835. The van der Waals surface area contributed by atoms with Crippen molar-refractivity contribution in [2.75, 3.05) is 32.8 Å². The molecule has 0 atom stereocenters. The Hall–Kier alpha value is -2.89.